The van der Waals surface area contributed by atoms with Gasteiger partial charge in [-0.1, -0.05) is 56.7 Å². The molecule has 0 saturated carbocycles. The third-order valence-electron chi connectivity index (χ3n) is 4.39. The van der Waals surface area contributed by atoms with E-state index in [4.69, 9.17) is 4.74 Å². The van der Waals surface area contributed by atoms with Crippen molar-refractivity contribution in [3.63, 3.8) is 0 Å². The van der Waals surface area contributed by atoms with Crippen LogP contribution in [-0.4, -0.2) is 33.8 Å². The molecule has 0 bridgehead atoms. The first-order valence-electron chi connectivity index (χ1n) is 9.57. The summed E-state index contributed by atoms with van der Waals surface area (Å²) in [4.78, 5) is 14.8. The average molecular weight is 362 g/mol. The molecule has 1 rings (SSSR count). The van der Waals surface area contributed by atoms with Crippen LogP contribution in [0, 0.1) is 5.92 Å². The number of aliphatic hydroxyl groups is 1. The summed E-state index contributed by atoms with van der Waals surface area (Å²) in [5, 5.41) is 10.5. The number of nitrogens with zero attached hydrogens (tertiary/aromatic N) is 1. The van der Waals surface area contributed by atoms with Gasteiger partial charge in [-0.15, -0.1) is 6.58 Å². The number of rotatable bonds is 9. The lowest BCUT2D eigenvalue weighted by Gasteiger charge is -2.38. The molecule has 0 saturated heterocycles. The molecule has 146 valence electrons. The van der Waals surface area contributed by atoms with Gasteiger partial charge >= 0.3 is 6.09 Å². The van der Waals surface area contributed by atoms with Crippen molar-refractivity contribution in [2.45, 2.75) is 78.2 Å². The Morgan fingerprint density at radius 3 is 2.35 bits per heavy atom. The van der Waals surface area contributed by atoms with Crippen LogP contribution in [0.25, 0.3) is 0 Å². The van der Waals surface area contributed by atoms with E-state index in [2.05, 4.69) is 13.5 Å². The highest BCUT2D eigenvalue weighted by atomic mass is 16.6. The summed E-state index contributed by atoms with van der Waals surface area (Å²) in [5.74, 6) is -0.198. The third kappa shape index (κ3) is 6.83. The Balaban J connectivity index is 3.22. The van der Waals surface area contributed by atoms with Gasteiger partial charge in [0.1, 0.15) is 5.60 Å². The van der Waals surface area contributed by atoms with Gasteiger partial charge in [-0.05, 0) is 39.2 Å². The van der Waals surface area contributed by atoms with Gasteiger partial charge in [0, 0.05) is 18.5 Å². The zero-order valence-corrected chi connectivity index (χ0v) is 16.9. The summed E-state index contributed by atoms with van der Waals surface area (Å²) >= 11 is 0. The molecule has 3 atom stereocenters. The summed E-state index contributed by atoms with van der Waals surface area (Å²) in [7, 11) is 0. The highest BCUT2D eigenvalue weighted by molar-refractivity contribution is 5.68. The van der Waals surface area contributed by atoms with Gasteiger partial charge in [0.2, 0.25) is 0 Å². The Morgan fingerprint density at radius 1 is 1.27 bits per heavy atom. The molecule has 0 heterocycles. The zero-order valence-electron chi connectivity index (χ0n) is 16.9. The lowest BCUT2D eigenvalue weighted by molar-refractivity contribution is -0.00376. The van der Waals surface area contributed by atoms with Crippen molar-refractivity contribution in [3.8, 4) is 0 Å². The number of aliphatic hydroxyl groups excluding tert-OH is 1. The topological polar surface area (TPSA) is 49.8 Å². The molecule has 0 aromatic heterocycles. The summed E-state index contributed by atoms with van der Waals surface area (Å²) in [6, 6.07) is 9.71. The molecule has 1 N–H and O–H groups in total. The van der Waals surface area contributed by atoms with Crippen LogP contribution in [0.3, 0.4) is 0 Å². The molecule has 1 amide bonds. The van der Waals surface area contributed by atoms with Gasteiger partial charge in [0.05, 0.1) is 6.10 Å². The Labute approximate surface area is 158 Å². The molecule has 0 spiro atoms. The van der Waals surface area contributed by atoms with Crippen LogP contribution in [-0.2, 0) is 11.3 Å². The molecule has 0 aliphatic rings. The predicted molar refractivity (Wildman–Crippen MR) is 107 cm³/mol. The second kappa shape index (κ2) is 10.4. The maximum atomic E-state index is 13.0. The smallest absolute Gasteiger partial charge is 0.410 e. The molecule has 4 nitrogen and oxygen atoms in total. The minimum Gasteiger partial charge on any atom is -0.444 e. The minimum absolute atomic E-state index is 0.164. The molecule has 26 heavy (non-hydrogen) atoms. The van der Waals surface area contributed by atoms with Crippen molar-refractivity contribution in [2.24, 2.45) is 5.92 Å². The minimum atomic E-state index is -0.574. The van der Waals surface area contributed by atoms with Crippen molar-refractivity contribution in [2.75, 3.05) is 0 Å². The molecule has 0 aliphatic carbocycles. The summed E-state index contributed by atoms with van der Waals surface area (Å²) in [6.07, 6.45) is 3.18. The number of carbonyl (C=O) groups excluding carboxylic acids is 1. The summed E-state index contributed by atoms with van der Waals surface area (Å²) in [5.41, 5.74) is 0.462. The van der Waals surface area contributed by atoms with Crippen LogP contribution < -0.4 is 0 Å². The standard InChI is InChI=1S/C22H35NO3/c1-7-13-19(18(8-2)20(24)9-3)23(21(25)26-22(4,5)6)16-17-14-11-10-12-15-17/h8,10-12,14-15,18-20,24H,2,7,9,13,16H2,1,3-6H3/t18-,19-,20-/m1/s1. The van der Waals surface area contributed by atoms with E-state index in [0.29, 0.717) is 13.0 Å². The van der Waals surface area contributed by atoms with Gasteiger partial charge in [0.25, 0.3) is 0 Å². The fraction of sp³-hybridized carbons (Fsp3) is 0.591. The molecule has 0 aliphatic heterocycles. The molecule has 0 fully saturated rings. The zero-order chi connectivity index (χ0) is 19.7. The van der Waals surface area contributed by atoms with Crippen LogP contribution in [0.15, 0.2) is 43.0 Å². The summed E-state index contributed by atoms with van der Waals surface area (Å²) < 4.78 is 5.68. The summed E-state index contributed by atoms with van der Waals surface area (Å²) in [6.45, 7) is 14.0. The molecule has 0 radical (unpaired) electrons. The van der Waals surface area contributed by atoms with E-state index < -0.39 is 11.7 Å². The first kappa shape index (κ1) is 22.2. The largest absolute Gasteiger partial charge is 0.444 e. The van der Waals surface area contributed by atoms with E-state index in [1.54, 1.807) is 11.0 Å². The lowest BCUT2D eigenvalue weighted by Crippen LogP contribution is -2.48. The van der Waals surface area contributed by atoms with Crippen LogP contribution in [0.1, 0.15) is 59.4 Å². The molecule has 1 aromatic rings. The van der Waals surface area contributed by atoms with E-state index in [9.17, 15) is 9.90 Å². The Hall–Kier alpha value is -1.81. The van der Waals surface area contributed by atoms with Crippen LogP contribution in [0.4, 0.5) is 4.79 Å². The van der Waals surface area contributed by atoms with Crippen LogP contribution in [0.2, 0.25) is 0 Å². The predicted octanol–water partition coefficient (Wildman–Crippen LogP) is 5.17. The van der Waals surface area contributed by atoms with Crippen molar-refractivity contribution < 1.29 is 14.6 Å². The van der Waals surface area contributed by atoms with E-state index in [1.807, 2.05) is 58.0 Å². The van der Waals surface area contributed by atoms with E-state index in [0.717, 1.165) is 18.4 Å². The molecule has 4 heteroatoms. The Morgan fingerprint density at radius 2 is 1.88 bits per heavy atom. The van der Waals surface area contributed by atoms with Gasteiger partial charge < -0.3 is 14.7 Å². The molecular weight excluding hydrogens is 326 g/mol. The fourth-order valence-corrected chi connectivity index (χ4v) is 3.11. The Bertz CT molecular complexity index is 550. The number of hydrogen-bond donors (Lipinski definition) is 1. The van der Waals surface area contributed by atoms with E-state index in [-0.39, 0.29) is 18.1 Å². The number of benzene rings is 1. The quantitative estimate of drug-likeness (QED) is 0.618. The monoisotopic (exact) mass is 361 g/mol. The maximum Gasteiger partial charge on any atom is 0.410 e. The third-order valence-corrected chi connectivity index (χ3v) is 4.39. The van der Waals surface area contributed by atoms with Gasteiger partial charge in [-0.25, -0.2) is 4.79 Å². The van der Waals surface area contributed by atoms with Crippen molar-refractivity contribution in [3.05, 3.63) is 48.6 Å². The van der Waals surface area contributed by atoms with E-state index in [1.165, 1.54) is 0 Å². The number of hydrogen-bond acceptors (Lipinski definition) is 3. The lowest BCUT2D eigenvalue weighted by atomic mass is 9.88. The first-order valence-corrected chi connectivity index (χ1v) is 9.57. The van der Waals surface area contributed by atoms with Gasteiger partial charge in [-0.3, -0.25) is 0 Å². The average Bonchev–Trinajstić information content (AvgIpc) is 2.58. The van der Waals surface area contributed by atoms with Gasteiger partial charge in [-0.2, -0.15) is 0 Å². The SMILES string of the molecule is C=C[C@@H]([C@H](O)CC)[C@@H](CCC)N(Cc1ccccc1)C(=O)OC(C)(C)C. The normalized spacial score (nSPS) is 15.0. The van der Waals surface area contributed by atoms with Crippen LogP contribution >= 0.6 is 0 Å². The fourth-order valence-electron chi connectivity index (χ4n) is 3.11. The van der Waals surface area contributed by atoms with Crippen molar-refractivity contribution in [1.82, 2.24) is 4.90 Å². The maximum absolute atomic E-state index is 13.0. The number of carbonyl (C=O) groups is 1. The van der Waals surface area contributed by atoms with Gasteiger partial charge in [0.15, 0.2) is 0 Å². The number of amides is 1. The highest BCUT2D eigenvalue weighted by Gasteiger charge is 2.34. The van der Waals surface area contributed by atoms with E-state index >= 15 is 0 Å². The second-order valence-corrected chi connectivity index (χ2v) is 7.74. The Kier molecular flexibility index (Phi) is 8.86. The molecular formula is C22H35NO3. The van der Waals surface area contributed by atoms with Crippen molar-refractivity contribution in [1.29, 1.82) is 0 Å². The highest BCUT2D eigenvalue weighted by Crippen LogP contribution is 2.26. The molecule has 0 unspecified atom stereocenters. The number of ether oxygens (including phenoxy) is 1. The first-order chi connectivity index (χ1) is 12.2. The van der Waals surface area contributed by atoms with Crippen molar-refractivity contribution >= 4 is 6.09 Å². The second-order valence-electron chi connectivity index (χ2n) is 7.74. The van der Waals surface area contributed by atoms with Crippen LogP contribution in [0.5, 0.6) is 0 Å². The molecule has 1 aromatic carbocycles.